The summed E-state index contributed by atoms with van der Waals surface area (Å²) in [5.41, 5.74) is 0. The van der Waals surface area contributed by atoms with Crippen LogP contribution in [-0.2, 0) is 9.53 Å². The van der Waals surface area contributed by atoms with Crippen LogP contribution in [0.1, 0.15) is 46.0 Å². The Balaban J connectivity index is 1.69. The van der Waals surface area contributed by atoms with Gasteiger partial charge in [0.25, 0.3) is 0 Å². The van der Waals surface area contributed by atoms with E-state index in [0.717, 1.165) is 64.8 Å². The number of hydrogen-bond donors (Lipinski definition) is 0. The standard InChI is InChI=1S/C18H30N2O2/c1-3-5-6-15-22-17-9-13-20(14-10-17)18(21)16-7-11-19(4-2)12-8-16/h16-17H,3-4,7-15H2,1-2H3. The highest BCUT2D eigenvalue weighted by Gasteiger charge is 2.30. The first-order valence-corrected chi connectivity index (χ1v) is 8.83. The van der Waals surface area contributed by atoms with Crippen molar-refractivity contribution in [2.24, 2.45) is 5.92 Å². The topological polar surface area (TPSA) is 32.8 Å². The molecule has 0 aliphatic carbocycles. The predicted octanol–water partition coefficient (Wildman–Crippen LogP) is 2.14. The smallest absolute Gasteiger partial charge is 0.225 e. The second-order valence-electron chi connectivity index (χ2n) is 6.25. The summed E-state index contributed by atoms with van der Waals surface area (Å²) in [5, 5.41) is 0. The molecule has 0 spiro atoms. The van der Waals surface area contributed by atoms with E-state index in [9.17, 15) is 4.79 Å². The quantitative estimate of drug-likeness (QED) is 0.746. The summed E-state index contributed by atoms with van der Waals surface area (Å²) in [6.45, 7) is 9.70. The molecule has 0 unspecified atom stereocenters. The maximum absolute atomic E-state index is 12.6. The zero-order valence-electron chi connectivity index (χ0n) is 14.1. The summed E-state index contributed by atoms with van der Waals surface area (Å²) in [6.07, 6.45) is 5.11. The number of likely N-dealkylation sites (tertiary alicyclic amines) is 2. The van der Waals surface area contributed by atoms with E-state index >= 15 is 0 Å². The van der Waals surface area contributed by atoms with E-state index in [1.54, 1.807) is 0 Å². The Hall–Kier alpha value is -1.05. The molecule has 2 heterocycles. The summed E-state index contributed by atoms with van der Waals surface area (Å²) in [6, 6.07) is 0. The number of nitrogens with zero attached hydrogens (tertiary/aromatic N) is 2. The molecule has 0 radical (unpaired) electrons. The zero-order chi connectivity index (χ0) is 15.8. The average molecular weight is 306 g/mol. The van der Waals surface area contributed by atoms with Gasteiger partial charge in [-0.15, -0.1) is 5.92 Å². The van der Waals surface area contributed by atoms with Crippen molar-refractivity contribution in [2.45, 2.75) is 52.1 Å². The number of amides is 1. The molecule has 0 bridgehead atoms. The van der Waals surface area contributed by atoms with Crippen LogP contribution in [-0.4, -0.2) is 61.1 Å². The lowest BCUT2D eigenvalue weighted by atomic mass is 9.94. The number of carbonyl (C=O) groups is 1. The molecule has 124 valence electrons. The Labute approximate surface area is 135 Å². The van der Waals surface area contributed by atoms with E-state index in [1.807, 2.05) is 6.92 Å². The molecule has 0 saturated carbocycles. The Kier molecular flexibility index (Phi) is 7.21. The highest BCUT2D eigenvalue weighted by atomic mass is 16.5. The van der Waals surface area contributed by atoms with Gasteiger partial charge in [0.05, 0.1) is 6.10 Å². The van der Waals surface area contributed by atoms with Crippen LogP contribution < -0.4 is 0 Å². The monoisotopic (exact) mass is 306 g/mol. The molecule has 0 aromatic carbocycles. The fraction of sp³-hybridized carbons (Fsp3) is 0.833. The molecule has 2 saturated heterocycles. The van der Waals surface area contributed by atoms with Crippen molar-refractivity contribution in [3.05, 3.63) is 0 Å². The van der Waals surface area contributed by atoms with Crippen molar-refractivity contribution in [2.75, 3.05) is 39.3 Å². The molecule has 4 nitrogen and oxygen atoms in total. The molecule has 0 N–H and O–H groups in total. The van der Waals surface area contributed by atoms with Crippen molar-refractivity contribution in [3.8, 4) is 11.8 Å². The Morgan fingerprint density at radius 2 is 1.73 bits per heavy atom. The molecule has 0 atom stereocenters. The van der Waals surface area contributed by atoms with Gasteiger partial charge < -0.3 is 14.5 Å². The molecule has 0 aromatic rings. The maximum atomic E-state index is 12.6. The molecular weight excluding hydrogens is 276 g/mol. The van der Waals surface area contributed by atoms with Crippen LogP contribution in [0.25, 0.3) is 0 Å². The van der Waals surface area contributed by atoms with Crippen molar-refractivity contribution >= 4 is 5.91 Å². The van der Waals surface area contributed by atoms with Crippen molar-refractivity contribution < 1.29 is 9.53 Å². The van der Waals surface area contributed by atoms with Gasteiger partial charge in [0.15, 0.2) is 0 Å². The van der Waals surface area contributed by atoms with E-state index in [-0.39, 0.29) is 12.0 Å². The summed E-state index contributed by atoms with van der Waals surface area (Å²) >= 11 is 0. The summed E-state index contributed by atoms with van der Waals surface area (Å²) in [4.78, 5) is 17.1. The van der Waals surface area contributed by atoms with Crippen LogP contribution in [0.2, 0.25) is 0 Å². The summed E-state index contributed by atoms with van der Waals surface area (Å²) in [7, 11) is 0. The highest BCUT2D eigenvalue weighted by Crippen LogP contribution is 2.22. The van der Waals surface area contributed by atoms with Crippen molar-refractivity contribution in [1.29, 1.82) is 0 Å². The Morgan fingerprint density at radius 3 is 2.32 bits per heavy atom. The number of carbonyl (C=O) groups excluding carboxylic acids is 1. The second kappa shape index (κ2) is 9.17. The van der Waals surface area contributed by atoms with E-state index < -0.39 is 0 Å². The number of rotatable bonds is 4. The van der Waals surface area contributed by atoms with E-state index in [0.29, 0.717) is 12.5 Å². The normalized spacial score (nSPS) is 21.5. The van der Waals surface area contributed by atoms with Crippen LogP contribution in [0.4, 0.5) is 0 Å². The van der Waals surface area contributed by atoms with Gasteiger partial charge in [-0.2, -0.15) is 0 Å². The van der Waals surface area contributed by atoms with Gasteiger partial charge >= 0.3 is 0 Å². The fourth-order valence-electron chi connectivity index (χ4n) is 3.33. The third-order valence-corrected chi connectivity index (χ3v) is 4.83. The predicted molar refractivity (Wildman–Crippen MR) is 88.5 cm³/mol. The largest absolute Gasteiger partial charge is 0.365 e. The van der Waals surface area contributed by atoms with Gasteiger partial charge in [-0.05, 0) is 45.3 Å². The fourth-order valence-corrected chi connectivity index (χ4v) is 3.33. The van der Waals surface area contributed by atoms with E-state index in [1.165, 1.54) is 0 Å². The first-order chi connectivity index (χ1) is 10.7. The number of piperidine rings is 2. The van der Waals surface area contributed by atoms with E-state index in [2.05, 4.69) is 28.6 Å². The number of hydrogen-bond acceptors (Lipinski definition) is 3. The molecule has 1 amide bonds. The zero-order valence-corrected chi connectivity index (χ0v) is 14.1. The molecule has 22 heavy (non-hydrogen) atoms. The van der Waals surface area contributed by atoms with Gasteiger partial charge in [-0.25, -0.2) is 0 Å². The first-order valence-electron chi connectivity index (χ1n) is 8.83. The minimum Gasteiger partial charge on any atom is -0.365 e. The molecule has 2 rings (SSSR count). The van der Waals surface area contributed by atoms with Gasteiger partial charge in [0.2, 0.25) is 5.91 Å². The lowest BCUT2D eigenvalue weighted by Gasteiger charge is -2.36. The first kappa shape index (κ1) is 17.3. The second-order valence-corrected chi connectivity index (χ2v) is 6.25. The molecule has 0 aromatic heterocycles. The molecule has 2 aliphatic rings. The molecule has 2 aliphatic heterocycles. The lowest BCUT2D eigenvalue weighted by molar-refractivity contribution is -0.139. The van der Waals surface area contributed by atoms with Crippen LogP contribution in [0.3, 0.4) is 0 Å². The van der Waals surface area contributed by atoms with Gasteiger partial charge in [0.1, 0.15) is 6.61 Å². The summed E-state index contributed by atoms with van der Waals surface area (Å²) in [5.74, 6) is 6.66. The van der Waals surface area contributed by atoms with Crippen LogP contribution in [0, 0.1) is 17.8 Å². The Morgan fingerprint density at radius 1 is 1.05 bits per heavy atom. The number of ether oxygens (including phenoxy) is 1. The van der Waals surface area contributed by atoms with Crippen LogP contribution in [0.15, 0.2) is 0 Å². The third-order valence-electron chi connectivity index (χ3n) is 4.83. The third kappa shape index (κ3) is 5.00. The minimum absolute atomic E-state index is 0.246. The molecule has 4 heteroatoms. The minimum atomic E-state index is 0.246. The van der Waals surface area contributed by atoms with Gasteiger partial charge in [0, 0.05) is 25.4 Å². The SMILES string of the molecule is CCC#CCOC1CCN(C(=O)C2CCN(CC)CC2)CC1. The van der Waals surface area contributed by atoms with Crippen LogP contribution >= 0.6 is 0 Å². The van der Waals surface area contributed by atoms with Crippen molar-refractivity contribution in [1.82, 2.24) is 9.80 Å². The van der Waals surface area contributed by atoms with Crippen molar-refractivity contribution in [3.63, 3.8) is 0 Å². The average Bonchev–Trinajstić information content (AvgIpc) is 2.59. The lowest BCUT2D eigenvalue weighted by Crippen LogP contribution is -2.46. The highest BCUT2D eigenvalue weighted by molar-refractivity contribution is 5.79. The van der Waals surface area contributed by atoms with Crippen LogP contribution in [0.5, 0.6) is 0 Å². The molecule has 2 fully saturated rings. The van der Waals surface area contributed by atoms with E-state index in [4.69, 9.17) is 4.74 Å². The summed E-state index contributed by atoms with van der Waals surface area (Å²) < 4.78 is 5.77. The molecular formula is C18H30N2O2. The van der Waals surface area contributed by atoms with Gasteiger partial charge in [-0.1, -0.05) is 19.8 Å². The maximum Gasteiger partial charge on any atom is 0.225 e. The van der Waals surface area contributed by atoms with Gasteiger partial charge in [-0.3, -0.25) is 4.79 Å². The Bertz CT molecular complexity index is 397.